The molecule has 0 amide bonds. The van der Waals surface area contributed by atoms with Crippen molar-refractivity contribution >= 4 is 17.4 Å². The standard InChI is InChI=1S/C14H12ClF3N2/c1-7-4-3-5-8(2)11(7)13-12(14(16,17)18)9(15)6-10(19)20-13/h3-6H,1-2H3,(H2,19,20). The Morgan fingerprint density at radius 3 is 2.20 bits per heavy atom. The SMILES string of the molecule is Cc1cccc(C)c1-c1nc(N)cc(Cl)c1C(F)(F)F. The summed E-state index contributed by atoms with van der Waals surface area (Å²) < 4.78 is 39.7. The quantitative estimate of drug-likeness (QED) is 0.834. The van der Waals surface area contributed by atoms with Crippen LogP contribution in [0, 0.1) is 13.8 Å². The van der Waals surface area contributed by atoms with Crippen molar-refractivity contribution in [2.45, 2.75) is 20.0 Å². The third-order valence-electron chi connectivity index (χ3n) is 2.99. The average molecular weight is 301 g/mol. The second kappa shape index (κ2) is 4.98. The van der Waals surface area contributed by atoms with Crippen LogP contribution in [-0.2, 0) is 6.18 Å². The van der Waals surface area contributed by atoms with E-state index in [1.54, 1.807) is 32.0 Å². The van der Waals surface area contributed by atoms with Crippen LogP contribution in [0.15, 0.2) is 24.3 Å². The van der Waals surface area contributed by atoms with Crippen molar-refractivity contribution in [2.24, 2.45) is 0 Å². The molecule has 20 heavy (non-hydrogen) atoms. The van der Waals surface area contributed by atoms with Crippen molar-refractivity contribution < 1.29 is 13.2 Å². The number of nitrogens with two attached hydrogens (primary N) is 1. The summed E-state index contributed by atoms with van der Waals surface area (Å²) in [5.74, 6) is -0.0411. The van der Waals surface area contributed by atoms with E-state index in [1.807, 2.05) is 0 Å². The molecule has 2 aromatic rings. The van der Waals surface area contributed by atoms with Crippen LogP contribution in [0.4, 0.5) is 19.0 Å². The first-order chi connectivity index (χ1) is 9.21. The maximum Gasteiger partial charge on any atom is 0.419 e. The highest BCUT2D eigenvalue weighted by atomic mass is 35.5. The van der Waals surface area contributed by atoms with Gasteiger partial charge in [0.15, 0.2) is 0 Å². The van der Waals surface area contributed by atoms with Gasteiger partial charge in [0.1, 0.15) is 11.4 Å². The second-order valence-electron chi connectivity index (χ2n) is 4.52. The van der Waals surface area contributed by atoms with Crippen LogP contribution >= 0.6 is 11.6 Å². The summed E-state index contributed by atoms with van der Waals surface area (Å²) in [5.41, 5.74) is 6.15. The highest BCUT2D eigenvalue weighted by molar-refractivity contribution is 6.32. The molecule has 0 saturated carbocycles. The van der Waals surface area contributed by atoms with Crippen LogP contribution in [0.2, 0.25) is 5.02 Å². The van der Waals surface area contributed by atoms with Gasteiger partial charge in [0.05, 0.1) is 10.7 Å². The van der Waals surface area contributed by atoms with E-state index in [2.05, 4.69) is 4.98 Å². The van der Waals surface area contributed by atoms with Crippen LogP contribution in [-0.4, -0.2) is 4.98 Å². The lowest BCUT2D eigenvalue weighted by Crippen LogP contribution is -2.11. The summed E-state index contributed by atoms with van der Waals surface area (Å²) in [6.45, 7) is 3.45. The van der Waals surface area contributed by atoms with Crippen molar-refractivity contribution in [3.8, 4) is 11.3 Å². The van der Waals surface area contributed by atoms with Crippen molar-refractivity contribution in [3.05, 3.63) is 46.0 Å². The summed E-state index contributed by atoms with van der Waals surface area (Å²) in [5, 5.41) is -0.442. The molecule has 0 aliphatic heterocycles. The van der Waals surface area contributed by atoms with Crippen molar-refractivity contribution in [3.63, 3.8) is 0 Å². The van der Waals surface area contributed by atoms with Crippen LogP contribution in [0.3, 0.4) is 0 Å². The summed E-state index contributed by atoms with van der Waals surface area (Å²) in [6, 6.07) is 6.24. The molecule has 1 heterocycles. The predicted octanol–water partition coefficient (Wildman–Crippen LogP) is 4.62. The number of nitrogens with zero attached hydrogens (tertiary/aromatic N) is 1. The minimum Gasteiger partial charge on any atom is -0.384 e. The molecular weight excluding hydrogens is 289 g/mol. The molecule has 1 aromatic carbocycles. The molecule has 0 saturated heterocycles. The van der Waals surface area contributed by atoms with E-state index in [-0.39, 0.29) is 11.5 Å². The third-order valence-corrected chi connectivity index (χ3v) is 3.29. The van der Waals surface area contributed by atoms with Crippen LogP contribution < -0.4 is 5.73 Å². The summed E-state index contributed by atoms with van der Waals surface area (Å²) in [4.78, 5) is 3.87. The molecule has 0 fully saturated rings. The van der Waals surface area contributed by atoms with E-state index in [4.69, 9.17) is 17.3 Å². The zero-order chi connectivity index (χ0) is 15.1. The molecule has 2 rings (SSSR count). The largest absolute Gasteiger partial charge is 0.419 e. The fourth-order valence-corrected chi connectivity index (χ4v) is 2.48. The number of anilines is 1. The topological polar surface area (TPSA) is 38.9 Å². The first-order valence-electron chi connectivity index (χ1n) is 5.81. The van der Waals surface area contributed by atoms with E-state index in [0.29, 0.717) is 16.7 Å². The third kappa shape index (κ3) is 2.58. The Kier molecular flexibility index (Phi) is 3.65. The number of hydrogen-bond donors (Lipinski definition) is 1. The Bertz CT molecular complexity index is 646. The Morgan fingerprint density at radius 2 is 1.70 bits per heavy atom. The molecule has 0 spiro atoms. The lowest BCUT2D eigenvalue weighted by atomic mass is 9.96. The van der Waals surface area contributed by atoms with Gasteiger partial charge in [-0.05, 0) is 31.0 Å². The number of rotatable bonds is 1. The molecule has 0 bridgehead atoms. The maximum atomic E-state index is 13.2. The number of halogens is 4. The normalized spacial score (nSPS) is 11.7. The van der Waals surface area contributed by atoms with Crippen molar-refractivity contribution in [2.75, 3.05) is 5.73 Å². The molecule has 106 valence electrons. The minimum absolute atomic E-state index is 0.0411. The highest BCUT2D eigenvalue weighted by Gasteiger charge is 2.38. The van der Waals surface area contributed by atoms with Crippen LogP contribution in [0.25, 0.3) is 11.3 Å². The Balaban J connectivity index is 2.87. The predicted molar refractivity (Wildman–Crippen MR) is 73.6 cm³/mol. The average Bonchev–Trinajstić information content (AvgIpc) is 2.25. The Morgan fingerprint density at radius 1 is 1.15 bits per heavy atom. The van der Waals surface area contributed by atoms with E-state index in [9.17, 15) is 13.2 Å². The van der Waals surface area contributed by atoms with E-state index in [0.717, 1.165) is 6.07 Å². The molecule has 0 radical (unpaired) electrons. The van der Waals surface area contributed by atoms with Gasteiger partial charge in [-0.25, -0.2) is 4.98 Å². The van der Waals surface area contributed by atoms with Crippen LogP contribution in [0.5, 0.6) is 0 Å². The van der Waals surface area contributed by atoms with Gasteiger partial charge < -0.3 is 5.73 Å². The van der Waals surface area contributed by atoms with Gasteiger partial charge in [0.25, 0.3) is 0 Å². The fourth-order valence-electron chi connectivity index (χ4n) is 2.17. The fraction of sp³-hybridized carbons (Fsp3) is 0.214. The van der Waals surface area contributed by atoms with Gasteiger partial charge in [-0.1, -0.05) is 29.8 Å². The molecule has 0 atom stereocenters. The number of aromatic nitrogens is 1. The van der Waals surface area contributed by atoms with E-state index in [1.165, 1.54) is 0 Å². The van der Waals surface area contributed by atoms with Crippen molar-refractivity contribution in [1.82, 2.24) is 4.98 Å². The van der Waals surface area contributed by atoms with Gasteiger partial charge in [-0.3, -0.25) is 0 Å². The molecule has 2 nitrogen and oxygen atoms in total. The number of hydrogen-bond acceptors (Lipinski definition) is 2. The lowest BCUT2D eigenvalue weighted by molar-refractivity contribution is -0.137. The number of benzene rings is 1. The van der Waals surface area contributed by atoms with Gasteiger partial charge in [0, 0.05) is 5.56 Å². The summed E-state index contributed by atoms with van der Waals surface area (Å²) >= 11 is 5.73. The first-order valence-corrected chi connectivity index (χ1v) is 6.19. The number of nitrogen functional groups attached to an aromatic ring is 1. The van der Waals surface area contributed by atoms with Crippen LogP contribution in [0.1, 0.15) is 16.7 Å². The smallest absolute Gasteiger partial charge is 0.384 e. The second-order valence-corrected chi connectivity index (χ2v) is 4.92. The van der Waals surface area contributed by atoms with Gasteiger partial charge in [-0.2, -0.15) is 13.2 Å². The maximum absolute atomic E-state index is 13.2. The Hall–Kier alpha value is -1.75. The molecule has 0 aliphatic carbocycles. The zero-order valence-electron chi connectivity index (χ0n) is 10.8. The lowest BCUT2D eigenvalue weighted by Gasteiger charge is -2.17. The number of aryl methyl sites for hydroxylation is 2. The molecule has 2 N–H and O–H groups in total. The summed E-state index contributed by atoms with van der Waals surface area (Å²) in [7, 11) is 0. The zero-order valence-corrected chi connectivity index (χ0v) is 11.6. The molecule has 1 aromatic heterocycles. The van der Waals surface area contributed by atoms with E-state index >= 15 is 0 Å². The monoisotopic (exact) mass is 300 g/mol. The number of pyridine rings is 1. The number of alkyl halides is 3. The first kappa shape index (κ1) is 14.7. The molecule has 6 heteroatoms. The Labute approximate surface area is 119 Å². The molecule has 0 unspecified atom stereocenters. The molecule has 0 aliphatic rings. The molecular formula is C14H12ClF3N2. The minimum atomic E-state index is -4.60. The van der Waals surface area contributed by atoms with Gasteiger partial charge in [-0.15, -0.1) is 0 Å². The highest BCUT2D eigenvalue weighted by Crippen LogP contribution is 2.42. The van der Waals surface area contributed by atoms with Gasteiger partial charge in [0.2, 0.25) is 0 Å². The van der Waals surface area contributed by atoms with E-state index < -0.39 is 16.8 Å². The summed E-state index contributed by atoms with van der Waals surface area (Å²) in [6.07, 6.45) is -4.60. The van der Waals surface area contributed by atoms with Crippen molar-refractivity contribution in [1.29, 1.82) is 0 Å². The van der Waals surface area contributed by atoms with Gasteiger partial charge >= 0.3 is 6.18 Å².